The van der Waals surface area contributed by atoms with E-state index in [2.05, 4.69) is 97.5 Å². The highest BCUT2D eigenvalue weighted by Crippen LogP contribution is 2.35. The third-order valence-electron chi connectivity index (χ3n) is 8.01. The number of halogens is 1. The topological polar surface area (TPSA) is 125 Å². The molecule has 234 valence electrons. The fourth-order valence-corrected chi connectivity index (χ4v) is 5.77. The van der Waals surface area contributed by atoms with Gasteiger partial charge in [-0.3, -0.25) is 15.0 Å². The first-order valence-electron chi connectivity index (χ1n) is 15.4. The molecule has 1 atom stereocenters. The average Bonchev–Trinajstić information content (AvgIpc) is 3.60. The number of nitrogens with one attached hydrogen (secondary N) is 3. The Labute approximate surface area is 265 Å². The molecule has 2 aliphatic rings. The van der Waals surface area contributed by atoms with Gasteiger partial charge < -0.3 is 10.6 Å². The van der Waals surface area contributed by atoms with E-state index in [4.69, 9.17) is 21.6 Å². The summed E-state index contributed by atoms with van der Waals surface area (Å²) < 4.78 is 0. The van der Waals surface area contributed by atoms with Crippen LogP contribution in [0.4, 0.5) is 16.6 Å². The van der Waals surface area contributed by atoms with E-state index in [0.29, 0.717) is 34.9 Å². The number of anilines is 2. The average molecular weight is 618 g/mol. The van der Waals surface area contributed by atoms with Crippen molar-refractivity contribution in [1.29, 1.82) is 0 Å². The van der Waals surface area contributed by atoms with Crippen molar-refractivity contribution in [2.75, 3.05) is 16.8 Å². The lowest BCUT2D eigenvalue weighted by Gasteiger charge is -2.37. The molecule has 1 saturated carbocycles. The molecule has 0 aromatic carbocycles. The van der Waals surface area contributed by atoms with E-state index < -0.39 is 0 Å². The van der Waals surface area contributed by atoms with Crippen molar-refractivity contribution < 1.29 is 4.79 Å². The number of H-pyrrole nitrogens is 1. The number of aromatic nitrogens is 6. The summed E-state index contributed by atoms with van der Waals surface area (Å²) in [4.78, 5) is 34.3. The van der Waals surface area contributed by atoms with Crippen LogP contribution in [0.15, 0.2) is 43.0 Å². The van der Waals surface area contributed by atoms with Gasteiger partial charge in [-0.2, -0.15) is 5.10 Å². The summed E-state index contributed by atoms with van der Waals surface area (Å²) in [6, 6.07) is 0.00402. The number of urea groups is 1. The summed E-state index contributed by atoms with van der Waals surface area (Å²) in [6.45, 7) is 15.4. The smallest absolute Gasteiger partial charge is 0.323 e. The lowest BCUT2D eigenvalue weighted by Crippen LogP contribution is -2.50. The predicted octanol–water partition coefficient (Wildman–Crippen LogP) is 7.18. The predicted molar refractivity (Wildman–Crippen MR) is 177 cm³/mol. The van der Waals surface area contributed by atoms with Crippen LogP contribution < -0.4 is 15.5 Å². The Morgan fingerprint density at radius 1 is 1.02 bits per heavy atom. The van der Waals surface area contributed by atoms with E-state index in [0.717, 1.165) is 48.2 Å². The van der Waals surface area contributed by atoms with Crippen LogP contribution in [0.5, 0.6) is 0 Å². The maximum Gasteiger partial charge on any atom is 0.323 e. The molecule has 0 saturated heterocycles. The van der Waals surface area contributed by atoms with Crippen molar-refractivity contribution in [1.82, 2.24) is 35.5 Å². The first kappa shape index (κ1) is 31.6. The van der Waals surface area contributed by atoms with Crippen LogP contribution in [0.2, 0.25) is 5.02 Å². The number of aromatic amines is 1. The molecular weight excluding hydrogens is 574 g/mol. The molecule has 0 aliphatic heterocycles. The van der Waals surface area contributed by atoms with Gasteiger partial charge in [0.1, 0.15) is 5.69 Å². The van der Waals surface area contributed by atoms with Gasteiger partial charge in [-0.05, 0) is 48.0 Å². The van der Waals surface area contributed by atoms with Crippen LogP contribution in [0.3, 0.4) is 0 Å². The van der Waals surface area contributed by atoms with Gasteiger partial charge in [0.05, 0.1) is 35.0 Å². The molecule has 2 aliphatic carbocycles. The summed E-state index contributed by atoms with van der Waals surface area (Å²) >= 11 is 6.43. The SMILES string of the molecule is CC1C=CC(c2cnc(N(C(=O)NCC(C)(C)C)C3CCC(Nc4ncc(C(C)(C)C)c(-c5[nH]ncc5Cl)n4)CC3)cn2)=C1. The minimum atomic E-state index is -0.179. The van der Waals surface area contributed by atoms with Gasteiger partial charge in [-0.25, -0.2) is 19.7 Å². The molecule has 0 radical (unpaired) electrons. The summed E-state index contributed by atoms with van der Waals surface area (Å²) in [6.07, 6.45) is 16.6. The van der Waals surface area contributed by atoms with E-state index in [1.54, 1.807) is 23.5 Å². The van der Waals surface area contributed by atoms with E-state index in [-0.39, 0.29) is 28.9 Å². The van der Waals surface area contributed by atoms with Crippen molar-refractivity contribution in [3.8, 4) is 11.4 Å². The van der Waals surface area contributed by atoms with Crippen LogP contribution in [0.25, 0.3) is 17.0 Å². The van der Waals surface area contributed by atoms with Crippen LogP contribution in [0.1, 0.15) is 85.4 Å². The molecule has 5 rings (SSSR count). The summed E-state index contributed by atoms with van der Waals surface area (Å²) in [5, 5.41) is 14.3. The Morgan fingerprint density at radius 3 is 2.34 bits per heavy atom. The molecule has 3 aromatic heterocycles. The number of amides is 2. The molecule has 3 N–H and O–H groups in total. The molecule has 1 unspecified atom stereocenters. The molecule has 3 heterocycles. The molecular formula is C33H44ClN9O. The van der Waals surface area contributed by atoms with Gasteiger partial charge >= 0.3 is 6.03 Å². The van der Waals surface area contributed by atoms with Crippen molar-refractivity contribution in [2.24, 2.45) is 11.3 Å². The lowest BCUT2D eigenvalue weighted by atomic mass is 9.86. The summed E-state index contributed by atoms with van der Waals surface area (Å²) in [5.74, 6) is 1.49. The van der Waals surface area contributed by atoms with Crippen molar-refractivity contribution in [3.05, 3.63) is 59.3 Å². The number of hydrogen-bond donors (Lipinski definition) is 3. The zero-order valence-electron chi connectivity index (χ0n) is 26.8. The van der Waals surface area contributed by atoms with Crippen LogP contribution >= 0.6 is 11.6 Å². The number of allylic oxidation sites excluding steroid dienone is 4. The second-order valence-electron chi connectivity index (χ2n) is 14.1. The van der Waals surface area contributed by atoms with Gasteiger partial charge in [0, 0.05) is 30.4 Å². The Morgan fingerprint density at radius 2 is 1.77 bits per heavy atom. The summed E-state index contributed by atoms with van der Waals surface area (Å²) in [5.41, 5.74) is 4.06. The molecule has 0 bridgehead atoms. The monoisotopic (exact) mass is 617 g/mol. The van der Waals surface area contributed by atoms with E-state index in [1.807, 2.05) is 6.20 Å². The van der Waals surface area contributed by atoms with E-state index in [9.17, 15) is 4.79 Å². The lowest BCUT2D eigenvalue weighted by molar-refractivity contribution is 0.235. The van der Waals surface area contributed by atoms with Gasteiger partial charge in [-0.15, -0.1) is 0 Å². The number of nitrogens with zero attached hydrogens (tertiary/aromatic N) is 6. The van der Waals surface area contributed by atoms with Crippen LogP contribution in [-0.4, -0.2) is 54.8 Å². The highest BCUT2D eigenvalue weighted by molar-refractivity contribution is 6.32. The van der Waals surface area contributed by atoms with Crippen molar-refractivity contribution in [2.45, 2.75) is 91.6 Å². The Kier molecular flexibility index (Phi) is 9.11. The third kappa shape index (κ3) is 7.46. The van der Waals surface area contributed by atoms with E-state index in [1.165, 1.54) is 0 Å². The Hall–Kier alpha value is -3.79. The van der Waals surface area contributed by atoms with Crippen LogP contribution in [-0.2, 0) is 5.41 Å². The molecule has 2 amide bonds. The quantitative estimate of drug-likeness (QED) is 0.256. The molecule has 11 heteroatoms. The maximum atomic E-state index is 13.6. The molecule has 44 heavy (non-hydrogen) atoms. The third-order valence-corrected chi connectivity index (χ3v) is 8.30. The normalized spacial score (nSPS) is 20.4. The number of carbonyl (C=O) groups excluding carboxylic acids is 1. The Bertz CT molecular complexity index is 1520. The van der Waals surface area contributed by atoms with Crippen LogP contribution in [0, 0.1) is 11.3 Å². The van der Waals surface area contributed by atoms with Crippen molar-refractivity contribution >= 4 is 35.0 Å². The van der Waals surface area contributed by atoms with Gasteiger partial charge in [0.2, 0.25) is 5.95 Å². The molecule has 3 aromatic rings. The van der Waals surface area contributed by atoms with Gasteiger partial charge in [0.25, 0.3) is 0 Å². The standard InChI is InChI=1S/C33H44ClN9O/c1-20-8-9-21(14-20)26-17-36-27(18-35-26)43(31(44)38-19-32(2,3)4)23-12-10-22(11-13-23)40-30-37-15-24(33(5,6)7)28(41-30)29-25(34)16-39-42-29/h8-9,14-18,20,22-23H,10-13,19H2,1-7H3,(H,38,44)(H,39,42)(H,37,40,41). The molecule has 10 nitrogen and oxygen atoms in total. The second-order valence-corrected chi connectivity index (χ2v) is 14.5. The number of hydrogen-bond acceptors (Lipinski definition) is 7. The van der Waals surface area contributed by atoms with Crippen molar-refractivity contribution in [3.63, 3.8) is 0 Å². The molecule has 0 spiro atoms. The largest absolute Gasteiger partial charge is 0.351 e. The highest BCUT2D eigenvalue weighted by Gasteiger charge is 2.32. The number of rotatable bonds is 7. The second kappa shape index (κ2) is 12.7. The van der Waals surface area contributed by atoms with Gasteiger partial charge in [0.15, 0.2) is 5.82 Å². The highest BCUT2D eigenvalue weighted by atomic mass is 35.5. The zero-order valence-corrected chi connectivity index (χ0v) is 27.5. The fraction of sp³-hybridized carbons (Fsp3) is 0.515. The molecule has 1 fully saturated rings. The first-order valence-corrected chi connectivity index (χ1v) is 15.8. The van der Waals surface area contributed by atoms with E-state index >= 15 is 0 Å². The zero-order chi connectivity index (χ0) is 31.6. The first-order chi connectivity index (χ1) is 20.8. The maximum absolute atomic E-state index is 13.6. The minimum absolute atomic E-state index is 0.0117. The summed E-state index contributed by atoms with van der Waals surface area (Å²) in [7, 11) is 0. The minimum Gasteiger partial charge on any atom is -0.351 e. The fourth-order valence-electron chi connectivity index (χ4n) is 5.59. The van der Waals surface area contributed by atoms with Gasteiger partial charge in [-0.1, -0.05) is 78.3 Å². The number of carbonyl (C=O) groups is 1. The Balaban J connectivity index is 1.31.